The molecule has 1 fully saturated rings. The molecule has 0 saturated carbocycles. The van der Waals surface area contributed by atoms with E-state index in [1.165, 1.54) is 24.3 Å². The molecule has 0 spiro atoms. The van der Waals surface area contributed by atoms with Gasteiger partial charge in [0.15, 0.2) is 16.9 Å². The standard InChI is InChI=1S/C20H15FN4O5/c1-29-11-3-2-10-8-25(17(26)12(10)4-11)9-20(18(27)23-19(28)24-20)16-5-13-14(21)6-22-7-15(13)30-16/h2-7H,8-9H2,1H3,(H2,23,24,27,28)/t20-/m0/s1. The van der Waals surface area contributed by atoms with E-state index < -0.39 is 23.3 Å². The molecule has 2 aliphatic rings. The van der Waals surface area contributed by atoms with Crippen molar-refractivity contribution in [2.45, 2.75) is 12.1 Å². The van der Waals surface area contributed by atoms with Gasteiger partial charge in [-0.1, -0.05) is 6.07 Å². The van der Waals surface area contributed by atoms with Crippen molar-refractivity contribution in [2.75, 3.05) is 13.7 Å². The first kappa shape index (κ1) is 18.1. The number of furan rings is 1. The number of urea groups is 1. The molecular formula is C20H15FN4O5. The lowest BCUT2D eigenvalue weighted by atomic mass is 9.95. The molecule has 5 rings (SSSR count). The Balaban J connectivity index is 1.56. The van der Waals surface area contributed by atoms with Crippen LogP contribution in [0.3, 0.4) is 0 Å². The molecule has 152 valence electrons. The molecule has 10 heteroatoms. The molecule has 0 unspecified atom stereocenters. The summed E-state index contributed by atoms with van der Waals surface area (Å²) in [4.78, 5) is 42.9. The number of benzene rings is 1. The second kappa shape index (κ2) is 6.28. The lowest BCUT2D eigenvalue weighted by Gasteiger charge is -2.29. The van der Waals surface area contributed by atoms with Gasteiger partial charge in [-0.3, -0.25) is 19.9 Å². The lowest BCUT2D eigenvalue weighted by Crippen LogP contribution is -2.52. The quantitative estimate of drug-likeness (QED) is 0.633. The number of methoxy groups -OCH3 is 1. The predicted molar refractivity (Wildman–Crippen MR) is 100 cm³/mol. The van der Waals surface area contributed by atoms with E-state index in [1.807, 2.05) is 0 Å². The summed E-state index contributed by atoms with van der Waals surface area (Å²) in [7, 11) is 1.50. The Labute approximate surface area is 168 Å². The van der Waals surface area contributed by atoms with Crippen LogP contribution in [-0.4, -0.2) is 41.4 Å². The number of aromatic nitrogens is 1. The second-order valence-electron chi connectivity index (χ2n) is 7.14. The fourth-order valence-electron chi connectivity index (χ4n) is 3.87. The van der Waals surface area contributed by atoms with Gasteiger partial charge >= 0.3 is 6.03 Å². The number of nitrogens with zero attached hydrogens (tertiary/aromatic N) is 2. The van der Waals surface area contributed by atoms with Crippen molar-refractivity contribution in [3.8, 4) is 5.75 Å². The second-order valence-corrected chi connectivity index (χ2v) is 7.14. The molecular weight excluding hydrogens is 395 g/mol. The maximum Gasteiger partial charge on any atom is 0.322 e. The van der Waals surface area contributed by atoms with Crippen LogP contribution in [0.25, 0.3) is 11.0 Å². The number of hydrogen-bond acceptors (Lipinski definition) is 6. The molecule has 3 aromatic rings. The average molecular weight is 410 g/mol. The predicted octanol–water partition coefficient (Wildman–Crippen LogP) is 1.67. The van der Waals surface area contributed by atoms with Crippen LogP contribution in [0, 0.1) is 5.82 Å². The van der Waals surface area contributed by atoms with Crippen LogP contribution in [0.1, 0.15) is 21.7 Å². The third-order valence-electron chi connectivity index (χ3n) is 5.38. The van der Waals surface area contributed by atoms with E-state index in [4.69, 9.17) is 9.15 Å². The summed E-state index contributed by atoms with van der Waals surface area (Å²) in [5, 5.41) is 4.85. The van der Waals surface area contributed by atoms with E-state index in [0.29, 0.717) is 11.3 Å². The number of carbonyl (C=O) groups excluding carboxylic acids is 3. The first-order chi connectivity index (χ1) is 14.4. The van der Waals surface area contributed by atoms with E-state index in [9.17, 15) is 18.8 Å². The number of rotatable bonds is 4. The molecule has 0 bridgehead atoms. The molecule has 4 amide bonds. The van der Waals surface area contributed by atoms with Gasteiger partial charge in [0.1, 0.15) is 11.5 Å². The molecule has 2 aliphatic heterocycles. The van der Waals surface area contributed by atoms with E-state index >= 15 is 0 Å². The van der Waals surface area contributed by atoms with Crippen LogP contribution in [0.15, 0.2) is 41.1 Å². The third kappa shape index (κ3) is 2.53. The number of hydrogen-bond donors (Lipinski definition) is 2. The van der Waals surface area contributed by atoms with Crippen LogP contribution < -0.4 is 15.4 Å². The molecule has 2 aromatic heterocycles. The van der Waals surface area contributed by atoms with Crippen LogP contribution >= 0.6 is 0 Å². The van der Waals surface area contributed by atoms with Crippen molar-refractivity contribution in [3.63, 3.8) is 0 Å². The van der Waals surface area contributed by atoms with E-state index in [2.05, 4.69) is 15.6 Å². The van der Waals surface area contributed by atoms with E-state index in [-0.39, 0.29) is 35.7 Å². The molecule has 0 radical (unpaired) electrons. The van der Waals surface area contributed by atoms with Gasteiger partial charge in [-0.2, -0.15) is 0 Å². The summed E-state index contributed by atoms with van der Waals surface area (Å²) in [5.41, 5.74) is -0.363. The largest absolute Gasteiger partial charge is 0.497 e. The number of imide groups is 1. The highest BCUT2D eigenvalue weighted by Gasteiger charge is 2.53. The van der Waals surface area contributed by atoms with Crippen LogP contribution in [0.4, 0.5) is 9.18 Å². The Morgan fingerprint density at radius 1 is 1.27 bits per heavy atom. The van der Waals surface area contributed by atoms with Gasteiger partial charge in [-0.05, 0) is 23.8 Å². The molecule has 9 nitrogen and oxygen atoms in total. The summed E-state index contributed by atoms with van der Waals surface area (Å²) in [6.45, 7) is 0.0362. The van der Waals surface area contributed by atoms with Crippen molar-refractivity contribution < 1.29 is 27.9 Å². The van der Waals surface area contributed by atoms with Crippen LogP contribution in [0.5, 0.6) is 5.75 Å². The van der Waals surface area contributed by atoms with Crippen LogP contribution in [-0.2, 0) is 16.9 Å². The SMILES string of the molecule is COc1ccc2c(c1)C(=O)N(C[C@@]1(c3cc4c(F)cncc4o3)NC(=O)NC1=O)C2. The fourth-order valence-corrected chi connectivity index (χ4v) is 3.87. The minimum atomic E-state index is -1.70. The summed E-state index contributed by atoms with van der Waals surface area (Å²) < 4.78 is 25.0. The molecule has 4 heterocycles. The van der Waals surface area contributed by atoms with E-state index in [0.717, 1.165) is 11.8 Å². The van der Waals surface area contributed by atoms with Crippen LogP contribution in [0.2, 0.25) is 0 Å². The molecule has 1 aromatic carbocycles. The monoisotopic (exact) mass is 410 g/mol. The average Bonchev–Trinajstić information content (AvgIpc) is 3.38. The Bertz CT molecular complexity index is 1240. The summed E-state index contributed by atoms with van der Waals surface area (Å²) >= 11 is 0. The minimum absolute atomic E-state index is 0.00841. The number of fused-ring (bicyclic) bond motifs is 2. The number of pyridine rings is 1. The normalized spacial score (nSPS) is 20.5. The lowest BCUT2D eigenvalue weighted by molar-refractivity contribution is -0.125. The molecule has 2 N–H and O–H groups in total. The molecule has 30 heavy (non-hydrogen) atoms. The number of amides is 4. The van der Waals surface area contributed by atoms with E-state index in [1.54, 1.807) is 18.2 Å². The topological polar surface area (TPSA) is 114 Å². The highest BCUT2D eigenvalue weighted by atomic mass is 19.1. The van der Waals surface area contributed by atoms with Gasteiger partial charge in [-0.15, -0.1) is 0 Å². The van der Waals surface area contributed by atoms with Gasteiger partial charge in [0.05, 0.1) is 31.4 Å². The zero-order valence-electron chi connectivity index (χ0n) is 15.7. The smallest absolute Gasteiger partial charge is 0.322 e. The number of ether oxygens (including phenoxy) is 1. The van der Waals surface area contributed by atoms with Crippen molar-refractivity contribution in [1.29, 1.82) is 0 Å². The fraction of sp³-hybridized carbons (Fsp3) is 0.200. The highest BCUT2D eigenvalue weighted by Crippen LogP contribution is 2.35. The van der Waals surface area contributed by atoms with Gasteiger partial charge in [0, 0.05) is 12.1 Å². The third-order valence-corrected chi connectivity index (χ3v) is 5.38. The Morgan fingerprint density at radius 2 is 2.10 bits per heavy atom. The number of halogens is 1. The Morgan fingerprint density at radius 3 is 2.80 bits per heavy atom. The molecule has 1 saturated heterocycles. The van der Waals surface area contributed by atoms with Crippen molar-refractivity contribution in [3.05, 3.63) is 59.4 Å². The number of nitrogens with one attached hydrogen (secondary N) is 2. The van der Waals surface area contributed by atoms with Crippen molar-refractivity contribution >= 4 is 28.8 Å². The zero-order chi connectivity index (χ0) is 21.0. The summed E-state index contributed by atoms with van der Waals surface area (Å²) in [6, 6.07) is 5.75. The first-order valence-electron chi connectivity index (χ1n) is 9.04. The highest BCUT2D eigenvalue weighted by molar-refractivity contribution is 6.08. The molecule has 0 aliphatic carbocycles. The summed E-state index contributed by atoms with van der Waals surface area (Å²) in [6.07, 6.45) is 2.34. The van der Waals surface area contributed by atoms with Gasteiger partial charge in [0.25, 0.3) is 11.8 Å². The zero-order valence-corrected chi connectivity index (χ0v) is 15.7. The maximum absolute atomic E-state index is 14.1. The van der Waals surface area contributed by atoms with Gasteiger partial charge < -0.3 is 19.4 Å². The van der Waals surface area contributed by atoms with Crippen molar-refractivity contribution in [1.82, 2.24) is 20.5 Å². The summed E-state index contributed by atoms with van der Waals surface area (Å²) in [5.74, 6) is -1.10. The number of carbonyl (C=O) groups is 3. The minimum Gasteiger partial charge on any atom is -0.497 e. The van der Waals surface area contributed by atoms with Gasteiger partial charge in [-0.25, -0.2) is 9.18 Å². The Kier molecular flexibility index (Phi) is 3.79. The van der Waals surface area contributed by atoms with Gasteiger partial charge in [0.2, 0.25) is 0 Å². The first-order valence-corrected chi connectivity index (χ1v) is 9.04. The molecule has 1 atom stereocenters. The Hall–Kier alpha value is -3.95. The maximum atomic E-state index is 14.1. The van der Waals surface area contributed by atoms with Crippen molar-refractivity contribution in [2.24, 2.45) is 0 Å².